The number of nitrogens with one attached hydrogen (secondary N) is 2. The largest absolute Gasteiger partial charge is 0.325 e. The Hall–Kier alpha value is -1.46. The summed E-state index contributed by atoms with van der Waals surface area (Å²) in [7, 11) is 0. The molecule has 1 saturated heterocycles. The highest BCUT2D eigenvalue weighted by molar-refractivity contribution is 5.92. The molecule has 0 bridgehead atoms. The van der Waals surface area contributed by atoms with Crippen LogP contribution in [0.4, 0.5) is 10.1 Å². The zero-order valence-corrected chi connectivity index (χ0v) is 9.58. The molecule has 1 amide bonds. The fraction of sp³-hybridized carbons (Fsp3) is 0.417. The van der Waals surface area contributed by atoms with E-state index in [2.05, 4.69) is 15.5 Å². The first kappa shape index (κ1) is 12.0. The summed E-state index contributed by atoms with van der Waals surface area (Å²) in [6.45, 7) is 3.92. The van der Waals surface area contributed by atoms with Crippen LogP contribution in [-0.2, 0) is 4.79 Å². The number of hydrogen-bond acceptors (Lipinski definition) is 3. The van der Waals surface area contributed by atoms with Gasteiger partial charge in [-0.1, -0.05) is 6.07 Å². The zero-order valence-electron chi connectivity index (χ0n) is 9.58. The Kier molecular flexibility index (Phi) is 4.06. The molecule has 92 valence electrons. The van der Waals surface area contributed by atoms with Crippen LogP contribution in [0.1, 0.15) is 0 Å². The van der Waals surface area contributed by atoms with Crippen LogP contribution >= 0.6 is 0 Å². The summed E-state index contributed by atoms with van der Waals surface area (Å²) in [5.74, 6) is -0.442. The molecule has 0 radical (unpaired) electrons. The van der Waals surface area contributed by atoms with Gasteiger partial charge in [-0.05, 0) is 18.2 Å². The maximum absolute atomic E-state index is 12.9. The van der Waals surface area contributed by atoms with E-state index in [1.54, 1.807) is 12.1 Å². The Morgan fingerprint density at radius 3 is 2.88 bits per heavy atom. The Labute approximate surface area is 99.8 Å². The average molecular weight is 237 g/mol. The van der Waals surface area contributed by atoms with Gasteiger partial charge in [0, 0.05) is 31.9 Å². The van der Waals surface area contributed by atoms with Gasteiger partial charge >= 0.3 is 0 Å². The quantitative estimate of drug-likeness (QED) is 0.812. The number of rotatable bonds is 3. The van der Waals surface area contributed by atoms with E-state index in [1.807, 2.05) is 0 Å². The number of amides is 1. The summed E-state index contributed by atoms with van der Waals surface area (Å²) < 4.78 is 12.9. The number of hydrogen-bond donors (Lipinski definition) is 2. The SMILES string of the molecule is O=C(CN1CCNCC1)Nc1cccc(F)c1. The second-order valence-electron chi connectivity index (χ2n) is 4.08. The summed E-state index contributed by atoms with van der Waals surface area (Å²) >= 11 is 0. The molecule has 5 heteroatoms. The monoisotopic (exact) mass is 237 g/mol. The molecule has 0 aliphatic carbocycles. The lowest BCUT2D eigenvalue weighted by Crippen LogP contribution is -2.46. The van der Waals surface area contributed by atoms with Gasteiger partial charge < -0.3 is 10.6 Å². The van der Waals surface area contributed by atoms with Gasteiger partial charge in [0.15, 0.2) is 0 Å². The van der Waals surface area contributed by atoms with Crippen molar-refractivity contribution < 1.29 is 9.18 Å². The van der Waals surface area contributed by atoms with Crippen molar-refractivity contribution in [1.29, 1.82) is 0 Å². The molecule has 0 spiro atoms. The maximum atomic E-state index is 12.9. The van der Waals surface area contributed by atoms with Crippen molar-refractivity contribution in [3.8, 4) is 0 Å². The van der Waals surface area contributed by atoms with Crippen LogP contribution in [0.5, 0.6) is 0 Å². The van der Waals surface area contributed by atoms with E-state index < -0.39 is 0 Å². The van der Waals surface area contributed by atoms with Crippen LogP contribution in [0.2, 0.25) is 0 Å². The van der Waals surface area contributed by atoms with Crippen molar-refractivity contribution in [3.63, 3.8) is 0 Å². The number of benzene rings is 1. The van der Waals surface area contributed by atoms with E-state index in [0.717, 1.165) is 26.2 Å². The van der Waals surface area contributed by atoms with E-state index in [4.69, 9.17) is 0 Å². The third kappa shape index (κ3) is 3.80. The number of anilines is 1. The minimum absolute atomic E-state index is 0.0995. The fourth-order valence-electron chi connectivity index (χ4n) is 1.84. The van der Waals surface area contributed by atoms with Crippen molar-refractivity contribution in [2.24, 2.45) is 0 Å². The molecule has 1 aliphatic heterocycles. The summed E-state index contributed by atoms with van der Waals surface area (Å²) in [5.41, 5.74) is 0.505. The van der Waals surface area contributed by atoms with Gasteiger partial charge in [0.2, 0.25) is 5.91 Å². The van der Waals surface area contributed by atoms with Gasteiger partial charge in [-0.3, -0.25) is 9.69 Å². The highest BCUT2D eigenvalue weighted by Crippen LogP contribution is 2.08. The predicted molar refractivity (Wildman–Crippen MR) is 64.3 cm³/mol. The summed E-state index contributed by atoms with van der Waals surface area (Å²) in [4.78, 5) is 13.8. The molecule has 1 fully saturated rings. The molecule has 2 N–H and O–H groups in total. The summed E-state index contributed by atoms with van der Waals surface area (Å²) in [6, 6.07) is 5.93. The maximum Gasteiger partial charge on any atom is 0.238 e. The highest BCUT2D eigenvalue weighted by atomic mass is 19.1. The Morgan fingerprint density at radius 2 is 2.18 bits per heavy atom. The number of carbonyl (C=O) groups is 1. The Morgan fingerprint density at radius 1 is 1.41 bits per heavy atom. The molecule has 1 aromatic rings. The van der Waals surface area contributed by atoms with E-state index in [1.165, 1.54) is 12.1 Å². The van der Waals surface area contributed by atoms with E-state index in [0.29, 0.717) is 12.2 Å². The lowest BCUT2D eigenvalue weighted by Gasteiger charge is -2.26. The van der Waals surface area contributed by atoms with Gasteiger partial charge in [-0.2, -0.15) is 0 Å². The van der Waals surface area contributed by atoms with Crippen molar-refractivity contribution in [1.82, 2.24) is 10.2 Å². The first-order valence-electron chi connectivity index (χ1n) is 5.72. The Bertz CT molecular complexity index is 391. The summed E-state index contributed by atoms with van der Waals surface area (Å²) in [6.07, 6.45) is 0. The van der Waals surface area contributed by atoms with Crippen LogP contribution in [0, 0.1) is 5.82 Å². The highest BCUT2D eigenvalue weighted by Gasteiger charge is 2.13. The summed E-state index contributed by atoms with van der Waals surface area (Å²) in [5, 5.41) is 5.91. The molecular formula is C12H16FN3O. The Balaban J connectivity index is 1.84. The van der Waals surface area contributed by atoms with Crippen molar-refractivity contribution in [2.75, 3.05) is 38.0 Å². The number of carbonyl (C=O) groups excluding carboxylic acids is 1. The molecule has 1 aliphatic rings. The topological polar surface area (TPSA) is 44.4 Å². The molecule has 2 rings (SSSR count). The minimum Gasteiger partial charge on any atom is -0.325 e. The van der Waals surface area contributed by atoms with Gasteiger partial charge in [-0.25, -0.2) is 4.39 Å². The van der Waals surface area contributed by atoms with Crippen LogP contribution in [0.15, 0.2) is 24.3 Å². The van der Waals surface area contributed by atoms with Crippen LogP contribution < -0.4 is 10.6 Å². The van der Waals surface area contributed by atoms with Crippen molar-refractivity contribution >= 4 is 11.6 Å². The second-order valence-corrected chi connectivity index (χ2v) is 4.08. The number of piperazine rings is 1. The minimum atomic E-state index is -0.343. The third-order valence-corrected chi connectivity index (χ3v) is 2.69. The van der Waals surface area contributed by atoms with Gasteiger partial charge in [-0.15, -0.1) is 0 Å². The molecule has 17 heavy (non-hydrogen) atoms. The standard InChI is InChI=1S/C12H16FN3O/c13-10-2-1-3-11(8-10)15-12(17)9-16-6-4-14-5-7-16/h1-3,8,14H,4-7,9H2,(H,15,17). The molecule has 0 saturated carbocycles. The van der Waals surface area contributed by atoms with Crippen LogP contribution in [0.3, 0.4) is 0 Å². The van der Waals surface area contributed by atoms with Crippen molar-refractivity contribution in [3.05, 3.63) is 30.1 Å². The van der Waals surface area contributed by atoms with Gasteiger partial charge in [0.05, 0.1) is 6.54 Å². The smallest absolute Gasteiger partial charge is 0.238 e. The van der Waals surface area contributed by atoms with E-state index >= 15 is 0 Å². The zero-order chi connectivity index (χ0) is 12.1. The predicted octanol–water partition coefficient (Wildman–Crippen LogP) is 0.669. The fourth-order valence-corrected chi connectivity index (χ4v) is 1.84. The second kappa shape index (κ2) is 5.75. The molecule has 1 aromatic carbocycles. The normalized spacial score (nSPS) is 16.8. The van der Waals surface area contributed by atoms with E-state index in [-0.39, 0.29) is 11.7 Å². The first-order valence-corrected chi connectivity index (χ1v) is 5.72. The third-order valence-electron chi connectivity index (χ3n) is 2.69. The lowest BCUT2D eigenvalue weighted by molar-refractivity contribution is -0.117. The average Bonchev–Trinajstić information content (AvgIpc) is 2.30. The van der Waals surface area contributed by atoms with E-state index in [9.17, 15) is 9.18 Å². The van der Waals surface area contributed by atoms with Crippen LogP contribution in [0.25, 0.3) is 0 Å². The molecule has 0 unspecified atom stereocenters. The molecular weight excluding hydrogens is 221 g/mol. The number of halogens is 1. The molecule has 0 atom stereocenters. The van der Waals surface area contributed by atoms with Gasteiger partial charge in [0.1, 0.15) is 5.82 Å². The van der Waals surface area contributed by atoms with Crippen LogP contribution in [-0.4, -0.2) is 43.5 Å². The molecule has 1 heterocycles. The lowest BCUT2D eigenvalue weighted by atomic mass is 10.3. The molecule has 0 aromatic heterocycles. The number of nitrogens with zero attached hydrogens (tertiary/aromatic N) is 1. The molecule has 4 nitrogen and oxygen atoms in total. The van der Waals surface area contributed by atoms with Crippen molar-refractivity contribution in [2.45, 2.75) is 0 Å². The van der Waals surface area contributed by atoms with Gasteiger partial charge in [0.25, 0.3) is 0 Å². The first-order chi connectivity index (χ1) is 8.24.